The number of nitrogens with one attached hydrogen (secondary N) is 2. The molecule has 1 fully saturated rings. The number of carbonyl (C=O) groups excluding carboxylic acids is 1. The van der Waals surface area contributed by atoms with Crippen LogP contribution in [0.5, 0.6) is 11.5 Å². The quantitative estimate of drug-likeness (QED) is 0.407. The number of aromatic nitrogens is 2. The van der Waals surface area contributed by atoms with Crippen LogP contribution in [0.25, 0.3) is 22.4 Å². The Bertz CT molecular complexity index is 1230. The van der Waals surface area contributed by atoms with Crippen molar-refractivity contribution in [1.29, 1.82) is 0 Å². The minimum Gasteiger partial charge on any atom is -0.493 e. The number of hydrogen-bond donors (Lipinski definition) is 2. The van der Waals surface area contributed by atoms with Crippen LogP contribution < -0.4 is 14.8 Å². The first-order valence-electron chi connectivity index (χ1n) is 10.9. The molecule has 6 heteroatoms. The summed E-state index contributed by atoms with van der Waals surface area (Å²) in [4.78, 5) is 21.0. The van der Waals surface area contributed by atoms with E-state index in [9.17, 15) is 4.79 Å². The first kappa shape index (κ1) is 20.1. The fourth-order valence-corrected chi connectivity index (χ4v) is 4.17. The number of para-hydroxylation sites is 3. The number of fused-ring (bicyclic) bond motifs is 1. The first-order chi connectivity index (χ1) is 15.7. The number of amides is 1. The van der Waals surface area contributed by atoms with Gasteiger partial charge in [-0.15, -0.1) is 0 Å². The highest BCUT2D eigenvalue weighted by atomic mass is 16.5. The van der Waals surface area contributed by atoms with Crippen LogP contribution >= 0.6 is 0 Å². The minimum atomic E-state index is -0.223. The molecule has 162 valence electrons. The van der Waals surface area contributed by atoms with Crippen LogP contribution in [0.1, 0.15) is 36.0 Å². The SMILES string of the molecule is COc1cc(C(=O)Nc2ccccc2-c2nc3ccccc3[nH]2)ccc1OC1CCCC1. The lowest BCUT2D eigenvalue weighted by Gasteiger charge is -2.16. The number of H-pyrrole nitrogens is 1. The highest BCUT2D eigenvalue weighted by Crippen LogP contribution is 2.33. The number of hydrogen-bond acceptors (Lipinski definition) is 4. The number of carbonyl (C=O) groups is 1. The zero-order valence-corrected chi connectivity index (χ0v) is 17.9. The minimum absolute atomic E-state index is 0.222. The van der Waals surface area contributed by atoms with E-state index in [0.29, 0.717) is 28.6 Å². The molecule has 0 saturated heterocycles. The molecule has 3 aromatic carbocycles. The highest BCUT2D eigenvalue weighted by Gasteiger charge is 2.20. The van der Waals surface area contributed by atoms with Crippen LogP contribution in [0.2, 0.25) is 0 Å². The normalized spacial score (nSPS) is 13.9. The van der Waals surface area contributed by atoms with E-state index in [1.54, 1.807) is 19.2 Å². The summed E-state index contributed by atoms with van der Waals surface area (Å²) >= 11 is 0. The summed E-state index contributed by atoms with van der Waals surface area (Å²) in [5.74, 6) is 1.73. The van der Waals surface area contributed by atoms with E-state index >= 15 is 0 Å². The van der Waals surface area contributed by atoms with Crippen molar-refractivity contribution in [3.63, 3.8) is 0 Å². The summed E-state index contributed by atoms with van der Waals surface area (Å²) in [6, 6.07) is 20.8. The molecule has 1 saturated carbocycles. The zero-order valence-electron chi connectivity index (χ0n) is 17.9. The number of ether oxygens (including phenoxy) is 2. The molecule has 0 aliphatic heterocycles. The molecule has 2 N–H and O–H groups in total. The molecule has 0 atom stereocenters. The number of imidazole rings is 1. The van der Waals surface area contributed by atoms with Gasteiger partial charge in [-0.05, 0) is 68.1 Å². The Balaban J connectivity index is 1.39. The van der Waals surface area contributed by atoms with Gasteiger partial charge in [-0.2, -0.15) is 0 Å². The maximum atomic E-state index is 13.1. The summed E-state index contributed by atoms with van der Waals surface area (Å²) in [5, 5.41) is 3.02. The van der Waals surface area contributed by atoms with E-state index in [-0.39, 0.29) is 12.0 Å². The van der Waals surface area contributed by atoms with E-state index in [4.69, 9.17) is 9.47 Å². The maximum absolute atomic E-state index is 13.1. The Morgan fingerprint density at radius 2 is 1.78 bits per heavy atom. The van der Waals surface area contributed by atoms with Gasteiger partial charge in [0.15, 0.2) is 11.5 Å². The Hall–Kier alpha value is -3.80. The monoisotopic (exact) mass is 427 g/mol. The van der Waals surface area contributed by atoms with Gasteiger partial charge < -0.3 is 19.8 Å². The van der Waals surface area contributed by atoms with E-state index in [1.165, 1.54) is 12.8 Å². The Labute approximate surface area is 186 Å². The predicted molar refractivity (Wildman–Crippen MR) is 125 cm³/mol. The molecule has 0 radical (unpaired) electrons. The molecule has 1 aliphatic carbocycles. The smallest absolute Gasteiger partial charge is 0.255 e. The van der Waals surface area contributed by atoms with Crippen molar-refractivity contribution in [3.8, 4) is 22.9 Å². The van der Waals surface area contributed by atoms with Crippen LogP contribution in [0.15, 0.2) is 66.7 Å². The average molecular weight is 428 g/mol. The zero-order chi connectivity index (χ0) is 21.9. The van der Waals surface area contributed by atoms with Crippen LogP contribution in [0, 0.1) is 0 Å². The lowest BCUT2D eigenvalue weighted by Crippen LogP contribution is -2.14. The molecule has 1 heterocycles. The van der Waals surface area contributed by atoms with Crippen LogP contribution in [0.3, 0.4) is 0 Å². The largest absolute Gasteiger partial charge is 0.493 e. The van der Waals surface area contributed by atoms with Crippen molar-refractivity contribution in [1.82, 2.24) is 9.97 Å². The predicted octanol–water partition coefficient (Wildman–Crippen LogP) is 5.81. The van der Waals surface area contributed by atoms with Gasteiger partial charge in [0.2, 0.25) is 0 Å². The van der Waals surface area contributed by atoms with E-state index in [1.807, 2.05) is 54.6 Å². The molecule has 1 amide bonds. The summed E-state index contributed by atoms with van der Waals surface area (Å²) in [5.41, 5.74) is 3.84. The average Bonchev–Trinajstić information content (AvgIpc) is 3.49. The molecule has 0 spiro atoms. The third kappa shape index (κ3) is 4.04. The molecule has 6 nitrogen and oxygen atoms in total. The molecule has 1 aromatic heterocycles. The third-order valence-corrected chi connectivity index (χ3v) is 5.84. The molecule has 0 unspecified atom stereocenters. The summed E-state index contributed by atoms with van der Waals surface area (Å²) in [6.07, 6.45) is 4.73. The highest BCUT2D eigenvalue weighted by molar-refractivity contribution is 6.06. The Morgan fingerprint density at radius 1 is 1.00 bits per heavy atom. The second kappa shape index (κ2) is 8.75. The van der Waals surface area contributed by atoms with Crippen LogP contribution in [-0.2, 0) is 0 Å². The summed E-state index contributed by atoms with van der Waals surface area (Å²) in [7, 11) is 1.59. The molecular formula is C26H25N3O3. The fourth-order valence-electron chi connectivity index (χ4n) is 4.17. The van der Waals surface area contributed by atoms with E-state index < -0.39 is 0 Å². The van der Waals surface area contributed by atoms with Crippen molar-refractivity contribution in [3.05, 3.63) is 72.3 Å². The Kier molecular flexibility index (Phi) is 5.50. The number of methoxy groups -OCH3 is 1. The van der Waals surface area contributed by atoms with Gasteiger partial charge >= 0.3 is 0 Å². The van der Waals surface area contributed by atoms with Gasteiger partial charge in [0.1, 0.15) is 5.82 Å². The number of aromatic amines is 1. The summed E-state index contributed by atoms with van der Waals surface area (Å²) < 4.78 is 11.6. The standard InChI is InChI=1S/C26H25N3O3/c1-31-24-16-17(14-15-23(24)32-18-8-2-3-9-18)26(30)29-20-11-5-4-10-19(20)25-27-21-12-6-7-13-22(21)28-25/h4-7,10-16,18H,2-3,8-9H2,1H3,(H,27,28)(H,29,30). The molecule has 4 aromatic rings. The lowest BCUT2D eigenvalue weighted by molar-refractivity contribution is 0.102. The topological polar surface area (TPSA) is 76.2 Å². The van der Waals surface area contributed by atoms with Gasteiger partial charge in [-0.25, -0.2) is 4.98 Å². The van der Waals surface area contributed by atoms with Crippen LogP contribution in [-0.4, -0.2) is 29.1 Å². The van der Waals surface area contributed by atoms with Gasteiger partial charge in [0.25, 0.3) is 5.91 Å². The van der Waals surface area contributed by atoms with Gasteiger partial charge in [0.05, 0.1) is 29.9 Å². The first-order valence-corrected chi connectivity index (χ1v) is 10.9. The van der Waals surface area contributed by atoms with Crippen molar-refractivity contribution in [2.24, 2.45) is 0 Å². The van der Waals surface area contributed by atoms with Gasteiger partial charge in [-0.1, -0.05) is 24.3 Å². The molecular weight excluding hydrogens is 402 g/mol. The third-order valence-electron chi connectivity index (χ3n) is 5.84. The number of nitrogens with zero attached hydrogens (tertiary/aromatic N) is 1. The van der Waals surface area contributed by atoms with Crippen molar-refractivity contribution >= 4 is 22.6 Å². The molecule has 0 bridgehead atoms. The lowest BCUT2D eigenvalue weighted by atomic mass is 10.1. The second-order valence-electron chi connectivity index (χ2n) is 7.99. The maximum Gasteiger partial charge on any atom is 0.255 e. The summed E-state index contributed by atoms with van der Waals surface area (Å²) in [6.45, 7) is 0. The van der Waals surface area contributed by atoms with Crippen molar-refractivity contribution in [2.45, 2.75) is 31.8 Å². The number of anilines is 1. The Morgan fingerprint density at radius 3 is 2.59 bits per heavy atom. The van der Waals surface area contributed by atoms with Gasteiger partial charge in [0, 0.05) is 11.1 Å². The van der Waals surface area contributed by atoms with Crippen molar-refractivity contribution in [2.75, 3.05) is 12.4 Å². The molecule has 5 rings (SSSR count). The van der Waals surface area contributed by atoms with Gasteiger partial charge in [-0.3, -0.25) is 4.79 Å². The second-order valence-corrected chi connectivity index (χ2v) is 7.99. The number of rotatable bonds is 6. The van der Waals surface area contributed by atoms with Crippen molar-refractivity contribution < 1.29 is 14.3 Å². The molecule has 32 heavy (non-hydrogen) atoms. The molecule has 1 aliphatic rings. The van der Waals surface area contributed by atoms with Crippen LogP contribution in [0.4, 0.5) is 5.69 Å². The number of benzene rings is 3. The fraction of sp³-hybridized carbons (Fsp3) is 0.231. The van der Waals surface area contributed by atoms with E-state index in [2.05, 4.69) is 15.3 Å². The van der Waals surface area contributed by atoms with E-state index in [0.717, 1.165) is 29.4 Å².